The molecule has 4 nitrogen and oxygen atoms in total. The van der Waals surface area contributed by atoms with E-state index in [2.05, 4.69) is 18.6 Å². The summed E-state index contributed by atoms with van der Waals surface area (Å²) in [6, 6.07) is 6.55. The summed E-state index contributed by atoms with van der Waals surface area (Å²) in [4.78, 5) is 23.8. The van der Waals surface area contributed by atoms with E-state index in [0.717, 1.165) is 25.7 Å². The third-order valence-electron chi connectivity index (χ3n) is 3.55. The lowest BCUT2D eigenvalue weighted by molar-refractivity contribution is 0.0416. The molecule has 0 spiro atoms. The van der Waals surface area contributed by atoms with Crippen molar-refractivity contribution < 1.29 is 19.1 Å². The highest BCUT2D eigenvalue weighted by atomic mass is 16.5. The molecule has 116 valence electrons. The van der Waals surface area contributed by atoms with Crippen LogP contribution in [0.15, 0.2) is 24.3 Å². The number of unbranched alkanes of at least 4 members (excludes halogenated alkanes) is 1. The van der Waals surface area contributed by atoms with Gasteiger partial charge in [-0.3, -0.25) is 0 Å². The summed E-state index contributed by atoms with van der Waals surface area (Å²) in [5, 5.41) is 0. The molecule has 21 heavy (non-hydrogen) atoms. The first kappa shape index (κ1) is 17.2. The Bertz CT molecular complexity index is 468. The molecule has 0 aliphatic carbocycles. The minimum Gasteiger partial charge on any atom is -0.465 e. The van der Waals surface area contributed by atoms with Crippen LogP contribution in [0.4, 0.5) is 0 Å². The van der Waals surface area contributed by atoms with Crippen LogP contribution in [0, 0.1) is 5.92 Å². The molecule has 1 unspecified atom stereocenters. The Morgan fingerprint density at radius 1 is 1.10 bits per heavy atom. The van der Waals surface area contributed by atoms with Gasteiger partial charge in [-0.1, -0.05) is 45.2 Å². The lowest BCUT2D eigenvalue weighted by Gasteiger charge is -2.15. The topological polar surface area (TPSA) is 52.6 Å². The molecule has 0 saturated heterocycles. The van der Waals surface area contributed by atoms with Gasteiger partial charge >= 0.3 is 11.9 Å². The smallest absolute Gasteiger partial charge is 0.339 e. The van der Waals surface area contributed by atoms with Crippen molar-refractivity contribution in [2.75, 3.05) is 13.7 Å². The van der Waals surface area contributed by atoms with Crippen molar-refractivity contribution in [2.45, 2.75) is 39.5 Å². The quantitative estimate of drug-likeness (QED) is 0.683. The van der Waals surface area contributed by atoms with Gasteiger partial charge in [-0.15, -0.1) is 0 Å². The molecule has 0 heterocycles. The largest absolute Gasteiger partial charge is 0.465 e. The van der Waals surface area contributed by atoms with Crippen molar-refractivity contribution in [1.29, 1.82) is 0 Å². The van der Waals surface area contributed by atoms with Gasteiger partial charge in [0.2, 0.25) is 0 Å². The molecular weight excluding hydrogens is 268 g/mol. The Morgan fingerprint density at radius 2 is 1.71 bits per heavy atom. The lowest BCUT2D eigenvalue weighted by atomic mass is 10.0. The van der Waals surface area contributed by atoms with E-state index in [9.17, 15) is 9.59 Å². The summed E-state index contributed by atoms with van der Waals surface area (Å²) in [6.45, 7) is 4.63. The summed E-state index contributed by atoms with van der Waals surface area (Å²) < 4.78 is 10.0. The average Bonchev–Trinajstić information content (AvgIpc) is 2.54. The predicted octanol–water partition coefficient (Wildman–Crippen LogP) is 3.85. The highest BCUT2D eigenvalue weighted by molar-refractivity contribution is 6.03. The summed E-state index contributed by atoms with van der Waals surface area (Å²) >= 11 is 0. The highest BCUT2D eigenvalue weighted by Crippen LogP contribution is 2.16. The molecule has 0 amide bonds. The molecule has 1 atom stereocenters. The number of carbonyl (C=O) groups is 2. The Morgan fingerprint density at radius 3 is 2.24 bits per heavy atom. The van der Waals surface area contributed by atoms with Crippen molar-refractivity contribution in [3.8, 4) is 0 Å². The number of esters is 2. The number of hydrogen-bond acceptors (Lipinski definition) is 4. The molecular formula is C17H24O4. The second-order valence-electron chi connectivity index (χ2n) is 5.05. The maximum atomic E-state index is 12.2. The Hall–Kier alpha value is -1.84. The van der Waals surface area contributed by atoms with E-state index in [1.807, 2.05) is 0 Å². The lowest BCUT2D eigenvalue weighted by Crippen LogP contribution is -2.17. The van der Waals surface area contributed by atoms with Gasteiger partial charge in [0.25, 0.3) is 0 Å². The zero-order valence-corrected chi connectivity index (χ0v) is 13.1. The van der Waals surface area contributed by atoms with Crippen molar-refractivity contribution in [1.82, 2.24) is 0 Å². The van der Waals surface area contributed by atoms with Crippen molar-refractivity contribution in [3.63, 3.8) is 0 Å². The third-order valence-corrected chi connectivity index (χ3v) is 3.55. The van der Waals surface area contributed by atoms with Crippen LogP contribution in [0.2, 0.25) is 0 Å². The van der Waals surface area contributed by atoms with Crippen LogP contribution >= 0.6 is 0 Å². The van der Waals surface area contributed by atoms with Gasteiger partial charge in [0.05, 0.1) is 24.8 Å². The summed E-state index contributed by atoms with van der Waals surface area (Å²) in [6.07, 6.45) is 4.30. The van der Waals surface area contributed by atoms with Crippen LogP contribution in [0.25, 0.3) is 0 Å². The first-order chi connectivity index (χ1) is 10.1. The second-order valence-corrected chi connectivity index (χ2v) is 5.05. The Labute approximate surface area is 126 Å². The standard InChI is InChI=1S/C17H24O4/c1-4-6-9-13(5-2)12-21-17(19)15-11-8-7-10-14(15)16(18)20-3/h7-8,10-11,13H,4-6,9,12H2,1-3H3. The fraction of sp³-hybridized carbons (Fsp3) is 0.529. The van der Waals surface area contributed by atoms with Gasteiger partial charge in [0, 0.05) is 0 Å². The van der Waals surface area contributed by atoms with Gasteiger partial charge in [-0.2, -0.15) is 0 Å². The van der Waals surface area contributed by atoms with E-state index in [4.69, 9.17) is 4.74 Å². The SMILES string of the molecule is CCCCC(CC)COC(=O)c1ccccc1C(=O)OC. The van der Waals surface area contributed by atoms with Crippen LogP contribution in [-0.2, 0) is 9.47 Å². The number of ether oxygens (including phenoxy) is 2. The Balaban J connectivity index is 2.69. The van der Waals surface area contributed by atoms with E-state index in [1.165, 1.54) is 7.11 Å². The normalized spacial score (nSPS) is 11.8. The maximum absolute atomic E-state index is 12.2. The van der Waals surface area contributed by atoms with Gasteiger partial charge in [0.1, 0.15) is 0 Å². The molecule has 1 rings (SSSR count). The number of carbonyl (C=O) groups excluding carboxylic acids is 2. The van der Waals surface area contributed by atoms with Crippen molar-refractivity contribution >= 4 is 11.9 Å². The number of benzene rings is 1. The molecule has 0 fully saturated rings. The number of methoxy groups -OCH3 is 1. The second kappa shape index (κ2) is 9.16. The van der Waals surface area contributed by atoms with Crippen LogP contribution in [0.5, 0.6) is 0 Å². The first-order valence-corrected chi connectivity index (χ1v) is 7.48. The minimum absolute atomic E-state index is 0.242. The van der Waals surface area contributed by atoms with Crippen LogP contribution in [0.1, 0.15) is 60.2 Å². The molecule has 0 aliphatic heterocycles. The van der Waals surface area contributed by atoms with E-state index >= 15 is 0 Å². The van der Waals surface area contributed by atoms with E-state index in [1.54, 1.807) is 24.3 Å². The van der Waals surface area contributed by atoms with Crippen molar-refractivity contribution in [2.24, 2.45) is 5.92 Å². The predicted molar refractivity (Wildman–Crippen MR) is 81.4 cm³/mol. The first-order valence-electron chi connectivity index (χ1n) is 7.48. The van der Waals surface area contributed by atoms with Crippen LogP contribution in [-0.4, -0.2) is 25.7 Å². The molecule has 0 N–H and O–H groups in total. The molecule has 0 aromatic heterocycles. The maximum Gasteiger partial charge on any atom is 0.339 e. The van der Waals surface area contributed by atoms with Gasteiger partial charge in [0.15, 0.2) is 0 Å². The van der Waals surface area contributed by atoms with Gasteiger partial charge < -0.3 is 9.47 Å². The third kappa shape index (κ3) is 5.21. The number of hydrogen-bond donors (Lipinski definition) is 0. The Kier molecular flexibility index (Phi) is 7.51. The molecule has 0 saturated carbocycles. The average molecular weight is 292 g/mol. The monoisotopic (exact) mass is 292 g/mol. The van der Waals surface area contributed by atoms with Crippen LogP contribution < -0.4 is 0 Å². The molecule has 4 heteroatoms. The van der Waals surface area contributed by atoms with E-state index < -0.39 is 11.9 Å². The molecule has 0 radical (unpaired) electrons. The van der Waals surface area contributed by atoms with Crippen LogP contribution in [0.3, 0.4) is 0 Å². The van der Waals surface area contributed by atoms with E-state index in [0.29, 0.717) is 12.5 Å². The number of rotatable bonds is 8. The highest BCUT2D eigenvalue weighted by Gasteiger charge is 2.19. The molecule has 1 aromatic carbocycles. The molecule has 1 aromatic rings. The fourth-order valence-corrected chi connectivity index (χ4v) is 2.12. The fourth-order valence-electron chi connectivity index (χ4n) is 2.12. The zero-order chi connectivity index (χ0) is 15.7. The summed E-state index contributed by atoms with van der Waals surface area (Å²) in [5.74, 6) is -0.620. The van der Waals surface area contributed by atoms with E-state index in [-0.39, 0.29) is 11.1 Å². The zero-order valence-electron chi connectivity index (χ0n) is 13.1. The summed E-state index contributed by atoms with van der Waals surface area (Å²) in [5.41, 5.74) is 0.501. The van der Waals surface area contributed by atoms with Gasteiger partial charge in [-0.25, -0.2) is 9.59 Å². The van der Waals surface area contributed by atoms with Crippen molar-refractivity contribution in [3.05, 3.63) is 35.4 Å². The minimum atomic E-state index is -0.527. The van der Waals surface area contributed by atoms with Gasteiger partial charge in [-0.05, 0) is 24.5 Å². The summed E-state index contributed by atoms with van der Waals surface area (Å²) in [7, 11) is 1.29. The molecule has 0 bridgehead atoms. The molecule has 0 aliphatic rings.